The van der Waals surface area contributed by atoms with Crippen LogP contribution >= 0.6 is 24.2 Å². The summed E-state index contributed by atoms with van der Waals surface area (Å²) in [6, 6.07) is 18.0. The molecule has 5 heteroatoms. The first-order valence-electron chi connectivity index (χ1n) is 8.54. The number of benzene rings is 2. The minimum atomic E-state index is 0. The third-order valence-corrected chi connectivity index (χ3v) is 5.38. The molecule has 1 heterocycles. The highest BCUT2D eigenvalue weighted by atomic mass is 35.5. The van der Waals surface area contributed by atoms with Gasteiger partial charge >= 0.3 is 0 Å². The van der Waals surface area contributed by atoms with Gasteiger partial charge in [0.15, 0.2) is 0 Å². The monoisotopic (exact) mass is 378 g/mol. The molecule has 1 saturated heterocycles. The summed E-state index contributed by atoms with van der Waals surface area (Å²) in [5.74, 6) is 0.959. The van der Waals surface area contributed by atoms with Crippen molar-refractivity contribution in [3.8, 4) is 5.75 Å². The van der Waals surface area contributed by atoms with Crippen molar-refractivity contribution in [1.29, 1.82) is 0 Å². The average molecular weight is 379 g/mol. The van der Waals surface area contributed by atoms with E-state index in [4.69, 9.17) is 4.74 Å². The summed E-state index contributed by atoms with van der Waals surface area (Å²) >= 11 is 1.77. The predicted molar refractivity (Wildman–Crippen MR) is 109 cm³/mol. The van der Waals surface area contributed by atoms with Gasteiger partial charge in [-0.15, -0.1) is 24.2 Å². The Morgan fingerprint density at radius 3 is 2.72 bits per heavy atom. The molecular formula is C20H27ClN2OS. The number of nitrogens with one attached hydrogen (secondary N) is 2. The first kappa shape index (κ1) is 20.1. The van der Waals surface area contributed by atoms with Gasteiger partial charge in [0.2, 0.25) is 0 Å². The van der Waals surface area contributed by atoms with E-state index in [0.717, 1.165) is 18.8 Å². The first-order valence-corrected chi connectivity index (χ1v) is 9.77. The van der Waals surface area contributed by atoms with Gasteiger partial charge in [-0.25, -0.2) is 0 Å². The van der Waals surface area contributed by atoms with Crippen LogP contribution in [0.1, 0.15) is 30.0 Å². The lowest BCUT2D eigenvalue weighted by Crippen LogP contribution is -2.45. The van der Waals surface area contributed by atoms with Gasteiger partial charge in [-0.05, 0) is 49.4 Å². The number of rotatable bonds is 6. The molecule has 1 fully saturated rings. The highest BCUT2D eigenvalue weighted by Gasteiger charge is 2.25. The number of piperidine rings is 1. The zero-order valence-corrected chi connectivity index (χ0v) is 16.5. The second-order valence-electron chi connectivity index (χ2n) is 6.15. The van der Waals surface area contributed by atoms with E-state index in [2.05, 4.69) is 65.4 Å². The van der Waals surface area contributed by atoms with E-state index in [0.29, 0.717) is 12.1 Å². The first-order chi connectivity index (χ1) is 11.8. The van der Waals surface area contributed by atoms with Crippen molar-refractivity contribution in [3.05, 3.63) is 59.7 Å². The Kier molecular flexibility index (Phi) is 8.10. The summed E-state index contributed by atoms with van der Waals surface area (Å²) in [7, 11) is 1.74. The summed E-state index contributed by atoms with van der Waals surface area (Å²) in [5, 5.41) is 7.44. The smallest absolute Gasteiger partial charge is 0.123 e. The molecule has 0 saturated carbocycles. The van der Waals surface area contributed by atoms with E-state index in [1.54, 1.807) is 18.9 Å². The SMILES string of the molecule is COc1ccc(SC)cc1CN[C@H]1CCCN[C@H]1c1ccccc1.Cl. The Morgan fingerprint density at radius 2 is 2.00 bits per heavy atom. The van der Waals surface area contributed by atoms with Crippen LogP contribution in [0.4, 0.5) is 0 Å². The second-order valence-corrected chi connectivity index (χ2v) is 7.03. The lowest BCUT2D eigenvalue weighted by molar-refractivity contribution is 0.302. The molecule has 2 aromatic rings. The van der Waals surface area contributed by atoms with Crippen LogP contribution in [-0.2, 0) is 6.54 Å². The molecule has 0 aromatic heterocycles. The van der Waals surface area contributed by atoms with Crippen LogP contribution in [0, 0.1) is 0 Å². The van der Waals surface area contributed by atoms with E-state index in [1.807, 2.05) is 0 Å². The van der Waals surface area contributed by atoms with Gasteiger partial charge in [0.05, 0.1) is 7.11 Å². The maximum Gasteiger partial charge on any atom is 0.123 e. The summed E-state index contributed by atoms with van der Waals surface area (Å²) in [6.45, 7) is 1.91. The van der Waals surface area contributed by atoms with E-state index in [9.17, 15) is 0 Å². The molecule has 0 amide bonds. The molecule has 0 aliphatic carbocycles. The minimum Gasteiger partial charge on any atom is -0.496 e. The average Bonchev–Trinajstić information content (AvgIpc) is 2.67. The standard InChI is InChI=1S/C20H26N2OS.ClH/c1-23-19-11-10-17(24-2)13-16(19)14-22-18-9-6-12-21-20(18)15-7-4-3-5-8-15;/h3-5,7-8,10-11,13,18,20-22H,6,9,12,14H2,1-2H3;1H/t18-,20-;/m0./s1. The Bertz CT molecular complexity index is 653. The molecule has 2 atom stereocenters. The third-order valence-electron chi connectivity index (χ3n) is 4.66. The van der Waals surface area contributed by atoms with Gasteiger partial charge in [-0.2, -0.15) is 0 Å². The summed E-state index contributed by atoms with van der Waals surface area (Å²) in [4.78, 5) is 1.27. The molecule has 1 aliphatic heterocycles. The van der Waals surface area contributed by atoms with Crippen LogP contribution in [0.15, 0.2) is 53.4 Å². The fourth-order valence-corrected chi connectivity index (χ4v) is 3.84. The van der Waals surface area contributed by atoms with E-state index >= 15 is 0 Å². The van der Waals surface area contributed by atoms with Crippen molar-refractivity contribution < 1.29 is 4.74 Å². The number of hydrogen-bond acceptors (Lipinski definition) is 4. The molecule has 1 aliphatic rings. The molecule has 3 nitrogen and oxygen atoms in total. The molecule has 3 rings (SSSR count). The maximum atomic E-state index is 5.53. The molecule has 25 heavy (non-hydrogen) atoms. The number of halogens is 1. The summed E-state index contributed by atoms with van der Waals surface area (Å²) in [5.41, 5.74) is 2.58. The normalized spacial score (nSPS) is 19.9. The lowest BCUT2D eigenvalue weighted by Gasteiger charge is -2.34. The van der Waals surface area contributed by atoms with Crippen molar-refractivity contribution >= 4 is 24.2 Å². The van der Waals surface area contributed by atoms with Crippen LogP contribution < -0.4 is 15.4 Å². The van der Waals surface area contributed by atoms with E-state index < -0.39 is 0 Å². The maximum absolute atomic E-state index is 5.53. The molecule has 2 N–H and O–H groups in total. The zero-order chi connectivity index (χ0) is 16.8. The molecule has 136 valence electrons. The van der Waals surface area contributed by atoms with Gasteiger partial charge in [0, 0.05) is 29.1 Å². The molecule has 0 bridgehead atoms. The van der Waals surface area contributed by atoms with Crippen LogP contribution in [0.3, 0.4) is 0 Å². The lowest BCUT2D eigenvalue weighted by atomic mass is 9.92. The Morgan fingerprint density at radius 1 is 1.20 bits per heavy atom. The van der Waals surface area contributed by atoms with E-state index in [-0.39, 0.29) is 12.4 Å². The Balaban J connectivity index is 0.00000225. The topological polar surface area (TPSA) is 33.3 Å². The number of thioether (sulfide) groups is 1. The fraction of sp³-hybridized carbons (Fsp3) is 0.400. The van der Waals surface area contributed by atoms with Gasteiger partial charge in [0.1, 0.15) is 5.75 Å². The number of hydrogen-bond donors (Lipinski definition) is 2. The van der Waals surface area contributed by atoms with Crippen molar-refractivity contribution in [2.24, 2.45) is 0 Å². The van der Waals surface area contributed by atoms with Crippen molar-refractivity contribution in [3.63, 3.8) is 0 Å². The van der Waals surface area contributed by atoms with Gasteiger partial charge in [0.25, 0.3) is 0 Å². The minimum absolute atomic E-state index is 0. The predicted octanol–water partition coefficient (Wildman–Crippen LogP) is 4.42. The van der Waals surface area contributed by atoms with Crippen LogP contribution in [-0.4, -0.2) is 26.0 Å². The van der Waals surface area contributed by atoms with Gasteiger partial charge in [-0.3, -0.25) is 0 Å². The highest BCUT2D eigenvalue weighted by Crippen LogP contribution is 2.27. The number of ether oxygens (including phenoxy) is 1. The van der Waals surface area contributed by atoms with Crippen LogP contribution in [0.2, 0.25) is 0 Å². The molecular weight excluding hydrogens is 352 g/mol. The second kappa shape index (κ2) is 10.1. The highest BCUT2D eigenvalue weighted by molar-refractivity contribution is 7.98. The summed E-state index contributed by atoms with van der Waals surface area (Å²) in [6.07, 6.45) is 4.51. The van der Waals surface area contributed by atoms with Crippen molar-refractivity contribution in [2.45, 2.75) is 36.4 Å². The van der Waals surface area contributed by atoms with Crippen LogP contribution in [0.25, 0.3) is 0 Å². The van der Waals surface area contributed by atoms with Crippen molar-refractivity contribution in [1.82, 2.24) is 10.6 Å². The Hall–Kier alpha value is -1.20. The summed E-state index contributed by atoms with van der Waals surface area (Å²) < 4.78 is 5.53. The fourth-order valence-electron chi connectivity index (χ4n) is 3.38. The van der Waals surface area contributed by atoms with Gasteiger partial charge in [-0.1, -0.05) is 30.3 Å². The molecule has 0 unspecified atom stereocenters. The quantitative estimate of drug-likeness (QED) is 0.729. The van der Waals surface area contributed by atoms with Crippen molar-refractivity contribution in [2.75, 3.05) is 19.9 Å². The largest absolute Gasteiger partial charge is 0.496 e. The number of methoxy groups -OCH3 is 1. The molecule has 0 spiro atoms. The van der Waals surface area contributed by atoms with Gasteiger partial charge < -0.3 is 15.4 Å². The Labute approximate surface area is 161 Å². The van der Waals surface area contributed by atoms with Crippen LogP contribution in [0.5, 0.6) is 5.75 Å². The third kappa shape index (κ3) is 5.14. The van der Waals surface area contributed by atoms with E-state index in [1.165, 1.54) is 28.9 Å². The molecule has 2 aromatic carbocycles. The zero-order valence-electron chi connectivity index (χ0n) is 14.8. The molecule has 0 radical (unpaired) electrons.